The monoisotopic (exact) mass is 169 g/mol. The van der Waals surface area contributed by atoms with Crippen molar-refractivity contribution in [2.24, 2.45) is 5.41 Å². The van der Waals surface area contributed by atoms with Gasteiger partial charge in [-0.2, -0.15) is 0 Å². The Morgan fingerprint density at radius 2 is 2.17 bits per heavy atom. The number of piperidine rings is 1. The Labute approximate surface area is 72.5 Å². The highest BCUT2D eigenvalue weighted by Gasteiger charge is 2.56. The smallest absolute Gasteiger partial charge is 0.302 e. The molecule has 2 aliphatic rings. The fourth-order valence-corrected chi connectivity index (χ4v) is 2.13. The number of carbonyl (C=O) groups excluding carboxylic acids is 1. The maximum absolute atomic E-state index is 10.7. The maximum Gasteiger partial charge on any atom is 0.302 e. The van der Waals surface area contributed by atoms with Gasteiger partial charge in [0, 0.05) is 12.3 Å². The van der Waals surface area contributed by atoms with Crippen molar-refractivity contribution in [3.63, 3.8) is 0 Å². The molecule has 0 bridgehead atoms. The molecule has 0 aromatic rings. The Bertz CT molecular complexity index is 197. The molecule has 1 spiro atoms. The highest BCUT2D eigenvalue weighted by Crippen LogP contribution is 2.54. The van der Waals surface area contributed by atoms with Gasteiger partial charge in [-0.1, -0.05) is 0 Å². The average Bonchev–Trinajstić information content (AvgIpc) is 2.63. The third-order valence-corrected chi connectivity index (χ3v) is 3.02. The van der Waals surface area contributed by atoms with E-state index < -0.39 is 0 Å². The van der Waals surface area contributed by atoms with E-state index in [2.05, 4.69) is 5.32 Å². The zero-order valence-corrected chi connectivity index (χ0v) is 7.43. The Kier molecular flexibility index (Phi) is 1.83. The van der Waals surface area contributed by atoms with Gasteiger partial charge in [-0.3, -0.25) is 4.79 Å². The van der Waals surface area contributed by atoms with Gasteiger partial charge in [-0.05, 0) is 32.4 Å². The summed E-state index contributed by atoms with van der Waals surface area (Å²) in [5.74, 6) is -0.129. The lowest BCUT2D eigenvalue weighted by molar-refractivity contribution is -0.143. The van der Waals surface area contributed by atoms with Gasteiger partial charge >= 0.3 is 5.97 Å². The van der Waals surface area contributed by atoms with Crippen molar-refractivity contribution in [2.75, 3.05) is 13.1 Å². The molecule has 0 aromatic carbocycles. The highest BCUT2D eigenvalue weighted by atomic mass is 16.5. The van der Waals surface area contributed by atoms with E-state index >= 15 is 0 Å². The molecular weight excluding hydrogens is 154 g/mol. The summed E-state index contributed by atoms with van der Waals surface area (Å²) in [5.41, 5.74) is 0.372. The van der Waals surface area contributed by atoms with E-state index in [0.717, 1.165) is 19.5 Å². The normalized spacial score (nSPS) is 31.6. The molecule has 1 saturated heterocycles. The topological polar surface area (TPSA) is 38.3 Å². The van der Waals surface area contributed by atoms with E-state index in [1.807, 2.05) is 0 Å². The molecular formula is C9H15NO2. The summed E-state index contributed by atoms with van der Waals surface area (Å²) >= 11 is 0. The lowest BCUT2D eigenvalue weighted by Gasteiger charge is -2.22. The zero-order chi connectivity index (χ0) is 8.60. The second-order valence-corrected chi connectivity index (χ2v) is 3.91. The largest absolute Gasteiger partial charge is 0.462 e. The van der Waals surface area contributed by atoms with Crippen molar-refractivity contribution >= 4 is 5.97 Å². The minimum atomic E-state index is -0.129. The van der Waals surface area contributed by atoms with Crippen LogP contribution in [0.1, 0.15) is 26.2 Å². The van der Waals surface area contributed by atoms with Gasteiger partial charge in [0.1, 0.15) is 6.10 Å². The number of carbonyl (C=O) groups is 1. The molecule has 1 heterocycles. The van der Waals surface area contributed by atoms with Crippen molar-refractivity contribution in [1.29, 1.82) is 0 Å². The van der Waals surface area contributed by atoms with E-state index in [1.54, 1.807) is 0 Å². The van der Waals surface area contributed by atoms with Crippen molar-refractivity contribution in [2.45, 2.75) is 32.3 Å². The van der Waals surface area contributed by atoms with Crippen LogP contribution < -0.4 is 5.32 Å². The van der Waals surface area contributed by atoms with E-state index in [-0.39, 0.29) is 12.1 Å². The Morgan fingerprint density at radius 3 is 2.75 bits per heavy atom. The van der Waals surface area contributed by atoms with Crippen molar-refractivity contribution < 1.29 is 9.53 Å². The second kappa shape index (κ2) is 2.73. The molecule has 68 valence electrons. The molecule has 3 nitrogen and oxygen atoms in total. The van der Waals surface area contributed by atoms with Crippen LogP contribution in [-0.2, 0) is 9.53 Å². The van der Waals surface area contributed by atoms with Crippen LogP contribution in [0.4, 0.5) is 0 Å². The molecule has 1 aliphatic heterocycles. The second-order valence-electron chi connectivity index (χ2n) is 3.91. The van der Waals surface area contributed by atoms with Crippen LogP contribution in [0.15, 0.2) is 0 Å². The van der Waals surface area contributed by atoms with Crippen molar-refractivity contribution in [3.8, 4) is 0 Å². The molecule has 1 unspecified atom stereocenters. The van der Waals surface area contributed by atoms with Crippen LogP contribution in [0, 0.1) is 5.41 Å². The predicted octanol–water partition coefficient (Wildman–Crippen LogP) is 0.692. The van der Waals surface area contributed by atoms with E-state index in [0.29, 0.717) is 5.41 Å². The van der Waals surface area contributed by atoms with Gasteiger partial charge in [0.2, 0.25) is 0 Å². The highest BCUT2D eigenvalue weighted by molar-refractivity contribution is 5.66. The third-order valence-electron chi connectivity index (χ3n) is 3.02. The van der Waals surface area contributed by atoms with Crippen LogP contribution in [0.25, 0.3) is 0 Å². The molecule has 0 radical (unpaired) electrons. The van der Waals surface area contributed by atoms with Gasteiger partial charge in [0.05, 0.1) is 0 Å². The number of nitrogens with one attached hydrogen (secondary N) is 1. The lowest BCUT2D eigenvalue weighted by Crippen LogP contribution is -2.31. The third kappa shape index (κ3) is 1.33. The summed E-state index contributed by atoms with van der Waals surface area (Å²) in [6, 6.07) is 0. The predicted molar refractivity (Wildman–Crippen MR) is 44.7 cm³/mol. The van der Waals surface area contributed by atoms with Gasteiger partial charge in [0.25, 0.3) is 0 Å². The van der Waals surface area contributed by atoms with Crippen LogP contribution >= 0.6 is 0 Å². The van der Waals surface area contributed by atoms with E-state index in [4.69, 9.17) is 4.74 Å². The summed E-state index contributed by atoms with van der Waals surface area (Å²) in [4.78, 5) is 10.7. The summed E-state index contributed by atoms with van der Waals surface area (Å²) in [5, 5.41) is 3.31. The molecule has 1 saturated carbocycles. The maximum atomic E-state index is 10.7. The fraction of sp³-hybridized carbons (Fsp3) is 0.889. The molecule has 12 heavy (non-hydrogen) atoms. The standard InChI is InChI=1S/C9H15NO2/c1-7(11)12-8-6-9(8)2-4-10-5-3-9/h8,10H,2-6H2,1H3. The SMILES string of the molecule is CC(=O)OC1CC12CCNCC2. The Hall–Kier alpha value is -0.570. The molecule has 2 fully saturated rings. The average molecular weight is 169 g/mol. The first-order chi connectivity index (χ1) is 5.73. The minimum Gasteiger partial charge on any atom is -0.462 e. The Balaban J connectivity index is 1.86. The first-order valence-corrected chi connectivity index (χ1v) is 4.61. The summed E-state index contributed by atoms with van der Waals surface area (Å²) in [7, 11) is 0. The number of esters is 1. The molecule has 0 amide bonds. The molecule has 1 atom stereocenters. The minimum absolute atomic E-state index is 0.129. The van der Waals surface area contributed by atoms with Crippen LogP contribution in [0.2, 0.25) is 0 Å². The van der Waals surface area contributed by atoms with Gasteiger partial charge in [-0.25, -0.2) is 0 Å². The van der Waals surface area contributed by atoms with Crippen LogP contribution in [0.5, 0.6) is 0 Å². The molecule has 1 aliphatic carbocycles. The van der Waals surface area contributed by atoms with Crippen LogP contribution in [-0.4, -0.2) is 25.2 Å². The van der Waals surface area contributed by atoms with E-state index in [9.17, 15) is 4.79 Å². The first-order valence-electron chi connectivity index (χ1n) is 4.61. The molecule has 1 N–H and O–H groups in total. The van der Waals surface area contributed by atoms with E-state index in [1.165, 1.54) is 19.8 Å². The van der Waals surface area contributed by atoms with Gasteiger partial charge < -0.3 is 10.1 Å². The Morgan fingerprint density at radius 1 is 1.50 bits per heavy atom. The fourth-order valence-electron chi connectivity index (χ4n) is 2.13. The number of hydrogen-bond donors (Lipinski definition) is 1. The van der Waals surface area contributed by atoms with Crippen molar-refractivity contribution in [3.05, 3.63) is 0 Å². The molecule has 2 rings (SSSR count). The zero-order valence-electron chi connectivity index (χ0n) is 7.43. The number of hydrogen-bond acceptors (Lipinski definition) is 3. The van der Waals surface area contributed by atoms with Crippen LogP contribution in [0.3, 0.4) is 0 Å². The first kappa shape index (κ1) is 8.05. The quantitative estimate of drug-likeness (QED) is 0.587. The molecule has 3 heteroatoms. The summed E-state index contributed by atoms with van der Waals surface area (Å²) < 4.78 is 5.19. The van der Waals surface area contributed by atoms with Gasteiger partial charge in [0.15, 0.2) is 0 Å². The lowest BCUT2D eigenvalue weighted by atomic mass is 9.94. The number of rotatable bonds is 1. The number of ether oxygens (including phenoxy) is 1. The van der Waals surface area contributed by atoms with Gasteiger partial charge in [-0.15, -0.1) is 0 Å². The van der Waals surface area contributed by atoms with Crippen molar-refractivity contribution in [1.82, 2.24) is 5.32 Å². The summed E-state index contributed by atoms with van der Waals surface area (Å²) in [6.07, 6.45) is 3.67. The molecule has 0 aromatic heterocycles. The summed E-state index contributed by atoms with van der Waals surface area (Å²) in [6.45, 7) is 3.66.